The van der Waals surface area contributed by atoms with Crippen LogP contribution < -0.4 is 52.8 Å². The molecule has 0 saturated heterocycles. The molecular weight excluding hydrogens is 1150 g/mol. The maximum atomic E-state index is 12.8. The van der Waals surface area contributed by atoms with E-state index in [4.69, 9.17) is 45.0 Å². The number of rotatable bonds is 44. The van der Waals surface area contributed by atoms with Crippen molar-refractivity contribution >= 4 is 81.4 Å². The first-order valence-electron chi connectivity index (χ1n) is 28.7. The number of carboxylic acid groups (broad SMARTS) is 1. The number of hydrogen-bond donors (Lipinski definition) is 11. The fourth-order valence-corrected chi connectivity index (χ4v) is 8.32. The first-order valence-corrected chi connectivity index (χ1v) is 28.7. The Balaban J connectivity index is 0.695. The van der Waals surface area contributed by atoms with Crippen molar-refractivity contribution in [3.63, 3.8) is 0 Å². The Morgan fingerprint density at radius 1 is 0.489 bits per heavy atom. The number of aliphatic carboxylic acids is 1. The summed E-state index contributed by atoms with van der Waals surface area (Å²) in [6, 6.07) is 15.0. The van der Waals surface area contributed by atoms with Crippen molar-refractivity contribution in [2.45, 2.75) is 90.5 Å². The maximum Gasteiger partial charge on any atom is 0.322 e. The molecule has 13 N–H and O–H groups in total. The number of imidazole rings is 2. The average molecular weight is 1230 g/mol. The van der Waals surface area contributed by atoms with Gasteiger partial charge in [0.2, 0.25) is 59.1 Å². The van der Waals surface area contributed by atoms with Gasteiger partial charge in [-0.2, -0.15) is 19.9 Å². The molecular formula is C57H76N16O15. The lowest BCUT2D eigenvalue weighted by atomic mass is 9.95. The van der Waals surface area contributed by atoms with Gasteiger partial charge < -0.3 is 86.9 Å². The van der Waals surface area contributed by atoms with Crippen molar-refractivity contribution in [2.75, 3.05) is 90.5 Å². The minimum Gasteiger partial charge on any atom is -0.480 e. The van der Waals surface area contributed by atoms with E-state index < -0.39 is 24.3 Å². The van der Waals surface area contributed by atoms with Crippen LogP contribution in [0.3, 0.4) is 0 Å². The van der Waals surface area contributed by atoms with Crippen molar-refractivity contribution in [3.05, 3.63) is 83.4 Å². The Labute approximate surface area is 505 Å². The monoisotopic (exact) mass is 1220 g/mol. The van der Waals surface area contributed by atoms with Crippen molar-refractivity contribution < 1.29 is 71.9 Å². The lowest BCUT2D eigenvalue weighted by molar-refractivity contribution is -0.139. The SMILES string of the molecule is Nc1nc(OCc2ccc(CNC(=O)CCCC(=O)NCCOCCOCC(=O)CC(CCCCNC(=O)COCCOCCNC(=O)CCCC(=O)NCc3ccc(COc4nc(N)nc5nc[nH]c45)cc3)C(=O)NCC(=O)O)cc2)c2[nH]cnc2n1. The van der Waals surface area contributed by atoms with E-state index in [9.17, 15) is 38.4 Å². The Kier molecular flexibility index (Phi) is 29.1. The van der Waals surface area contributed by atoms with Gasteiger partial charge in [0.15, 0.2) is 17.1 Å². The number of ketones is 1. The van der Waals surface area contributed by atoms with E-state index in [-0.39, 0.29) is 171 Å². The number of aromatic amines is 2. The lowest BCUT2D eigenvalue weighted by Gasteiger charge is -2.16. The van der Waals surface area contributed by atoms with Crippen LogP contribution >= 0.6 is 0 Å². The number of carbonyl (C=O) groups is 8. The van der Waals surface area contributed by atoms with E-state index in [2.05, 4.69) is 71.8 Å². The van der Waals surface area contributed by atoms with Gasteiger partial charge in [-0.1, -0.05) is 55.0 Å². The molecule has 4 aromatic heterocycles. The highest BCUT2D eigenvalue weighted by Crippen LogP contribution is 2.23. The summed E-state index contributed by atoms with van der Waals surface area (Å²) in [7, 11) is 0. The largest absolute Gasteiger partial charge is 0.480 e. The molecule has 0 saturated carbocycles. The van der Waals surface area contributed by atoms with Gasteiger partial charge in [0.05, 0.1) is 52.3 Å². The van der Waals surface area contributed by atoms with Gasteiger partial charge in [-0.05, 0) is 47.9 Å². The average Bonchev–Trinajstić information content (AvgIpc) is 4.10. The number of fused-ring (bicyclic) bond motifs is 2. The van der Waals surface area contributed by atoms with E-state index in [0.717, 1.165) is 22.3 Å². The predicted octanol–water partition coefficient (Wildman–Crippen LogP) is 0.976. The van der Waals surface area contributed by atoms with Crippen molar-refractivity contribution in [1.29, 1.82) is 0 Å². The van der Waals surface area contributed by atoms with Crippen LogP contribution in [-0.4, -0.2) is 171 Å². The highest BCUT2D eigenvalue weighted by Gasteiger charge is 2.23. The molecule has 88 heavy (non-hydrogen) atoms. The number of nitrogens with one attached hydrogen (secondary N) is 8. The molecule has 31 nitrogen and oxygen atoms in total. The summed E-state index contributed by atoms with van der Waals surface area (Å²) in [5.41, 5.74) is 16.9. The maximum absolute atomic E-state index is 12.8. The molecule has 1 atom stereocenters. The zero-order chi connectivity index (χ0) is 62.7. The smallest absolute Gasteiger partial charge is 0.322 e. The fraction of sp³-hybridized carbons (Fsp3) is 0.474. The number of amides is 6. The van der Waals surface area contributed by atoms with Gasteiger partial charge in [0.1, 0.15) is 44.0 Å². The van der Waals surface area contributed by atoms with E-state index in [1.165, 1.54) is 12.7 Å². The molecule has 1 unspecified atom stereocenters. The van der Waals surface area contributed by atoms with Crippen LogP contribution in [0.15, 0.2) is 61.2 Å². The quantitative estimate of drug-likeness (QED) is 0.0237. The Morgan fingerprint density at radius 3 is 1.42 bits per heavy atom. The lowest BCUT2D eigenvalue weighted by Crippen LogP contribution is -2.36. The minimum atomic E-state index is -1.23. The molecule has 6 aromatic rings. The third kappa shape index (κ3) is 26.0. The van der Waals surface area contributed by atoms with Crippen LogP contribution in [0, 0.1) is 5.92 Å². The van der Waals surface area contributed by atoms with Crippen LogP contribution in [0.4, 0.5) is 11.9 Å². The molecule has 0 aliphatic heterocycles. The number of benzene rings is 2. The van der Waals surface area contributed by atoms with Gasteiger partial charge >= 0.3 is 5.97 Å². The van der Waals surface area contributed by atoms with E-state index in [0.29, 0.717) is 72.9 Å². The Morgan fingerprint density at radius 2 is 0.932 bits per heavy atom. The van der Waals surface area contributed by atoms with Crippen molar-refractivity contribution in [1.82, 2.24) is 71.8 Å². The summed E-state index contributed by atoms with van der Waals surface area (Å²) in [6.07, 6.45) is 5.36. The molecule has 6 amide bonds. The molecule has 0 aliphatic rings. The summed E-state index contributed by atoms with van der Waals surface area (Å²) < 4.78 is 33.3. The second-order valence-corrected chi connectivity index (χ2v) is 19.9. The molecule has 4 heterocycles. The number of carboxylic acids is 1. The molecule has 0 spiro atoms. The first-order chi connectivity index (χ1) is 42.7. The van der Waals surface area contributed by atoms with Crippen molar-refractivity contribution in [2.24, 2.45) is 5.92 Å². The van der Waals surface area contributed by atoms with Crippen LogP contribution in [0.5, 0.6) is 11.8 Å². The molecule has 0 radical (unpaired) electrons. The summed E-state index contributed by atoms with van der Waals surface area (Å²) in [4.78, 5) is 129. The summed E-state index contributed by atoms with van der Waals surface area (Å²) >= 11 is 0. The van der Waals surface area contributed by atoms with Crippen molar-refractivity contribution in [3.8, 4) is 11.8 Å². The number of nitrogens with two attached hydrogens (primary N) is 2. The topological polar surface area (TPSA) is 445 Å². The second kappa shape index (κ2) is 37.9. The Bertz CT molecular complexity index is 3200. The summed E-state index contributed by atoms with van der Waals surface area (Å²) in [5.74, 6) is -3.47. The summed E-state index contributed by atoms with van der Waals surface area (Å²) in [5, 5.41) is 25.3. The number of aromatic nitrogens is 8. The number of Topliss-reactive ketones (excluding diaryl/α,β-unsaturated/α-hetero) is 1. The van der Waals surface area contributed by atoms with Crippen LogP contribution in [0.25, 0.3) is 22.3 Å². The Hall–Kier alpha value is -9.46. The molecule has 31 heteroatoms. The molecule has 6 rings (SSSR count). The summed E-state index contributed by atoms with van der Waals surface area (Å²) in [6.45, 7) is 1.69. The van der Waals surface area contributed by atoms with E-state index in [1.54, 1.807) is 0 Å². The molecule has 0 aliphatic carbocycles. The second-order valence-electron chi connectivity index (χ2n) is 19.9. The highest BCUT2D eigenvalue weighted by atomic mass is 16.5. The van der Waals surface area contributed by atoms with Gasteiger partial charge in [-0.3, -0.25) is 38.4 Å². The number of carbonyl (C=O) groups excluding carboxylic acids is 7. The van der Waals surface area contributed by atoms with Gasteiger partial charge in [0, 0.05) is 70.7 Å². The molecule has 2 aromatic carbocycles. The minimum absolute atomic E-state index is 0.0533. The van der Waals surface area contributed by atoms with Gasteiger partial charge in [-0.15, -0.1) is 0 Å². The predicted molar refractivity (Wildman–Crippen MR) is 315 cm³/mol. The zero-order valence-electron chi connectivity index (χ0n) is 48.7. The normalized spacial score (nSPS) is 11.4. The van der Waals surface area contributed by atoms with Gasteiger partial charge in [-0.25, -0.2) is 9.97 Å². The molecule has 0 fully saturated rings. The van der Waals surface area contributed by atoms with E-state index >= 15 is 0 Å². The van der Waals surface area contributed by atoms with Crippen LogP contribution in [0.1, 0.15) is 86.5 Å². The number of anilines is 2. The standard InChI is InChI=1S/C57H76N16O15/c58-56-70-51-49(66-35-68-51)54(72-56)87-31-39-14-10-37(11-15-39)28-63-45(77)8-3-6-43(75)61-19-21-83-23-25-85-33-42(74)27-41(53(82)65-30-48(80)81)5-1-2-18-60-47(79)34-86-26-24-84-22-20-62-44(76)7-4-9-46(78)64-29-38-12-16-40(17-13-38)32-88-55-50-52(69-36-67-50)71-57(59)73-55/h10-17,35-36,41H,1-9,18-34H2,(H,60,79)(H,61,75)(H,62,76)(H,63,77)(H,64,78)(H,65,82)(H,80,81)(H3,58,66,68,70,72)(H3,59,67,69,71,73). The highest BCUT2D eigenvalue weighted by molar-refractivity contribution is 5.89. The number of unbranched alkanes of at least 4 members (excludes halogenated alkanes) is 1. The van der Waals surface area contributed by atoms with E-state index in [1.807, 2.05) is 48.5 Å². The number of H-pyrrole nitrogens is 2. The molecule has 474 valence electrons. The van der Waals surface area contributed by atoms with Gasteiger partial charge in [0.25, 0.3) is 0 Å². The number of ether oxygens (including phenoxy) is 6. The zero-order valence-corrected chi connectivity index (χ0v) is 48.7. The third-order valence-electron chi connectivity index (χ3n) is 12.9. The van der Waals surface area contributed by atoms with Crippen LogP contribution in [0.2, 0.25) is 0 Å². The number of nitrogen functional groups attached to an aromatic ring is 2. The first kappa shape index (κ1) is 67.7. The third-order valence-corrected chi connectivity index (χ3v) is 12.9. The van der Waals surface area contributed by atoms with Crippen LogP contribution in [-0.2, 0) is 83.6 Å². The number of nitrogens with zero attached hydrogens (tertiary/aromatic N) is 6. The molecule has 0 bridgehead atoms. The number of hydrogen-bond acceptors (Lipinski definition) is 22. The fourth-order valence-electron chi connectivity index (χ4n) is 8.32.